The van der Waals surface area contributed by atoms with E-state index in [1.165, 1.54) is 25.7 Å². The molecule has 0 radical (unpaired) electrons. The molecular formula is C13H25NO3. The molecule has 1 saturated heterocycles. The van der Waals surface area contributed by atoms with Crippen LogP contribution in [0.1, 0.15) is 45.4 Å². The van der Waals surface area contributed by atoms with Crippen LogP contribution in [-0.2, 0) is 14.6 Å². The van der Waals surface area contributed by atoms with Gasteiger partial charge in [-0.2, -0.15) is 0 Å². The van der Waals surface area contributed by atoms with Gasteiger partial charge in [-0.25, -0.2) is 9.78 Å². The van der Waals surface area contributed by atoms with Gasteiger partial charge in [0.2, 0.25) is 5.91 Å². The van der Waals surface area contributed by atoms with Gasteiger partial charge in [0.1, 0.15) is 0 Å². The van der Waals surface area contributed by atoms with Crippen LogP contribution >= 0.6 is 0 Å². The van der Waals surface area contributed by atoms with Crippen LogP contribution in [0.25, 0.3) is 0 Å². The molecule has 0 bridgehead atoms. The van der Waals surface area contributed by atoms with Crippen LogP contribution in [0.2, 0.25) is 0 Å². The van der Waals surface area contributed by atoms with E-state index in [-0.39, 0.29) is 5.91 Å². The Hall–Kier alpha value is -0.610. The first kappa shape index (κ1) is 14.5. The molecule has 100 valence electrons. The highest BCUT2D eigenvalue weighted by Crippen LogP contribution is 2.27. The Morgan fingerprint density at radius 1 is 1.29 bits per heavy atom. The zero-order valence-electron chi connectivity index (χ0n) is 11.0. The zero-order valence-corrected chi connectivity index (χ0v) is 11.0. The number of unbranched alkanes of at least 4 members (excludes halogenated alkanes) is 3. The summed E-state index contributed by atoms with van der Waals surface area (Å²) in [7, 11) is 1.69. The highest BCUT2D eigenvalue weighted by atomic mass is 17.2. The van der Waals surface area contributed by atoms with Crippen molar-refractivity contribution in [1.29, 1.82) is 0 Å². The molecule has 1 aliphatic heterocycles. The molecule has 1 aliphatic rings. The van der Waals surface area contributed by atoms with Gasteiger partial charge in [0.15, 0.2) is 0 Å². The lowest BCUT2D eigenvalue weighted by atomic mass is 9.86. The van der Waals surface area contributed by atoms with Crippen LogP contribution < -0.4 is 5.32 Å². The van der Waals surface area contributed by atoms with Crippen LogP contribution in [0, 0.1) is 11.8 Å². The van der Waals surface area contributed by atoms with E-state index < -0.39 is 0 Å². The smallest absolute Gasteiger partial charge is 0.220 e. The SMILES string of the molecule is CCCCCCC(CC(=O)NC)C1COOC1. The third kappa shape index (κ3) is 5.50. The lowest BCUT2D eigenvalue weighted by Crippen LogP contribution is -2.26. The van der Waals surface area contributed by atoms with Gasteiger partial charge in [0, 0.05) is 19.4 Å². The Labute approximate surface area is 104 Å². The van der Waals surface area contributed by atoms with Crippen LogP contribution in [0.5, 0.6) is 0 Å². The van der Waals surface area contributed by atoms with Gasteiger partial charge in [-0.1, -0.05) is 32.6 Å². The number of amides is 1. The molecule has 0 aromatic heterocycles. The molecule has 0 aliphatic carbocycles. The second-order valence-corrected chi connectivity index (χ2v) is 4.82. The van der Waals surface area contributed by atoms with Crippen molar-refractivity contribution < 1.29 is 14.6 Å². The molecule has 0 aromatic rings. The molecule has 0 saturated carbocycles. The van der Waals surface area contributed by atoms with Crippen LogP contribution in [0.3, 0.4) is 0 Å². The van der Waals surface area contributed by atoms with E-state index in [0.29, 0.717) is 31.5 Å². The topological polar surface area (TPSA) is 47.6 Å². The highest BCUT2D eigenvalue weighted by Gasteiger charge is 2.28. The molecule has 4 nitrogen and oxygen atoms in total. The Morgan fingerprint density at radius 2 is 2.00 bits per heavy atom. The summed E-state index contributed by atoms with van der Waals surface area (Å²) in [4.78, 5) is 21.4. The summed E-state index contributed by atoms with van der Waals surface area (Å²) >= 11 is 0. The summed E-state index contributed by atoms with van der Waals surface area (Å²) in [6.45, 7) is 3.48. The van der Waals surface area contributed by atoms with Crippen molar-refractivity contribution in [1.82, 2.24) is 5.32 Å². The van der Waals surface area contributed by atoms with Crippen molar-refractivity contribution in [3.63, 3.8) is 0 Å². The molecular weight excluding hydrogens is 218 g/mol. The standard InChI is InChI=1S/C13H25NO3/c1-3-4-5-6-7-11(8-13(15)14-2)12-9-16-17-10-12/h11-12H,3-10H2,1-2H3,(H,14,15). The van der Waals surface area contributed by atoms with Gasteiger partial charge in [0.25, 0.3) is 0 Å². The van der Waals surface area contributed by atoms with Crippen LogP contribution in [0.15, 0.2) is 0 Å². The van der Waals surface area contributed by atoms with E-state index >= 15 is 0 Å². The van der Waals surface area contributed by atoms with E-state index in [4.69, 9.17) is 9.78 Å². The molecule has 0 aromatic carbocycles. The minimum Gasteiger partial charge on any atom is -0.359 e. The first-order valence-electron chi connectivity index (χ1n) is 6.73. The first-order chi connectivity index (χ1) is 8.27. The minimum absolute atomic E-state index is 0.123. The molecule has 1 rings (SSSR count). The van der Waals surface area contributed by atoms with Crippen molar-refractivity contribution >= 4 is 5.91 Å². The fraction of sp³-hybridized carbons (Fsp3) is 0.923. The van der Waals surface area contributed by atoms with Crippen LogP contribution in [-0.4, -0.2) is 26.2 Å². The summed E-state index contributed by atoms with van der Waals surface area (Å²) in [5.74, 6) is 0.903. The van der Waals surface area contributed by atoms with Gasteiger partial charge in [0.05, 0.1) is 13.2 Å². The van der Waals surface area contributed by atoms with E-state index in [1.54, 1.807) is 7.05 Å². The average Bonchev–Trinajstić information content (AvgIpc) is 2.86. The predicted octanol–water partition coefficient (Wildman–Crippen LogP) is 2.29. The van der Waals surface area contributed by atoms with Crippen molar-refractivity contribution in [3.05, 3.63) is 0 Å². The van der Waals surface area contributed by atoms with Crippen molar-refractivity contribution in [2.24, 2.45) is 11.8 Å². The maximum absolute atomic E-state index is 11.5. The number of carbonyl (C=O) groups excluding carboxylic acids is 1. The fourth-order valence-electron chi connectivity index (χ4n) is 2.27. The molecule has 1 atom stereocenters. The van der Waals surface area contributed by atoms with Gasteiger partial charge >= 0.3 is 0 Å². The number of hydrogen-bond donors (Lipinski definition) is 1. The Morgan fingerprint density at radius 3 is 2.59 bits per heavy atom. The molecule has 4 heteroatoms. The lowest BCUT2D eigenvalue weighted by molar-refractivity contribution is -0.248. The van der Waals surface area contributed by atoms with Crippen LogP contribution in [0.4, 0.5) is 0 Å². The van der Waals surface area contributed by atoms with Gasteiger partial charge in [-0.15, -0.1) is 0 Å². The molecule has 0 spiro atoms. The zero-order chi connectivity index (χ0) is 12.5. The second-order valence-electron chi connectivity index (χ2n) is 4.82. The molecule has 1 unspecified atom stereocenters. The molecule has 1 N–H and O–H groups in total. The summed E-state index contributed by atoms with van der Waals surface area (Å²) < 4.78 is 0. The Bertz CT molecular complexity index is 215. The Balaban J connectivity index is 2.32. The third-order valence-corrected chi connectivity index (χ3v) is 3.47. The lowest BCUT2D eigenvalue weighted by Gasteiger charge is -2.20. The quantitative estimate of drug-likeness (QED) is 0.525. The monoisotopic (exact) mass is 243 g/mol. The minimum atomic E-state index is 0.123. The average molecular weight is 243 g/mol. The largest absolute Gasteiger partial charge is 0.359 e. The van der Waals surface area contributed by atoms with Gasteiger partial charge < -0.3 is 5.32 Å². The fourth-order valence-corrected chi connectivity index (χ4v) is 2.27. The maximum atomic E-state index is 11.5. The first-order valence-corrected chi connectivity index (χ1v) is 6.73. The molecule has 1 fully saturated rings. The molecule has 1 amide bonds. The molecule has 1 heterocycles. The van der Waals surface area contributed by atoms with Crippen molar-refractivity contribution in [2.45, 2.75) is 45.4 Å². The summed E-state index contributed by atoms with van der Waals surface area (Å²) in [6, 6.07) is 0. The van der Waals surface area contributed by atoms with E-state index in [9.17, 15) is 4.79 Å². The number of nitrogens with one attached hydrogen (secondary N) is 1. The van der Waals surface area contributed by atoms with E-state index in [2.05, 4.69) is 12.2 Å². The summed E-state index contributed by atoms with van der Waals surface area (Å²) in [5, 5.41) is 2.70. The van der Waals surface area contributed by atoms with Crippen molar-refractivity contribution in [3.8, 4) is 0 Å². The Kier molecular flexibility index (Phi) is 7.21. The number of hydrogen-bond acceptors (Lipinski definition) is 3. The summed E-state index contributed by atoms with van der Waals surface area (Å²) in [5.41, 5.74) is 0. The second kappa shape index (κ2) is 8.48. The van der Waals surface area contributed by atoms with Gasteiger partial charge in [-0.05, 0) is 12.3 Å². The van der Waals surface area contributed by atoms with E-state index in [1.807, 2.05) is 0 Å². The normalized spacial score (nSPS) is 18.2. The number of rotatable bonds is 8. The maximum Gasteiger partial charge on any atom is 0.220 e. The molecule has 17 heavy (non-hydrogen) atoms. The van der Waals surface area contributed by atoms with E-state index in [0.717, 1.165) is 6.42 Å². The predicted molar refractivity (Wildman–Crippen MR) is 66.3 cm³/mol. The highest BCUT2D eigenvalue weighted by molar-refractivity contribution is 5.75. The number of carbonyl (C=O) groups is 1. The summed E-state index contributed by atoms with van der Waals surface area (Å²) in [6.07, 6.45) is 6.69. The van der Waals surface area contributed by atoms with Crippen molar-refractivity contribution in [2.75, 3.05) is 20.3 Å². The van der Waals surface area contributed by atoms with Gasteiger partial charge in [-0.3, -0.25) is 4.79 Å². The third-order valence-electron chi connectivity index (χ3n) is 3.47.